The van der Waals surface area contributed by atoms with E-state index in [1.54, 1.807) is 0 Å². The number of hydrogen-bond donors (Lipinski definition) is 1. The molecule has 0 atom stereocenters. The minimum absolute atomic E-state index is 0.426. The van der Waals surface area contributed by atoms with Crippen molar-refractivity contribution in [3.05, 3.63) is 71.7 Å². The molecule has 4 rings (SSSR count). The number of hydrogen-bond acceptors (Lipinski definition) is 6. The first-order valence-electron chi connectivity index (χ1n) is 10.2. The van der Waals surface area contributed by atoms with Gasteiger partial charge in [-0.05, 0) is 49.2 Å². The Bertz CT molecular complexity index is 1050. The van der Waals surface area contributed by atoms with Crippen molar-refractivity contribution in [2.45, 2.75) is 40.2 Å². The molecule has 0 aliphatic heterocycles. The van der Waals surface area contributed by atoms with Crippen LogP contribution >= 0.6 is 0 Å². The summed E-state index contributed by atoms with van der Waals surface area (Å²) in [5, 5.41) is 15.0. The standard InChI is InChI=1S/C21H21N5O2.C2H6/c1-15-13-18(10-11-20(15)27-12-4-7-21-23-25-26-24-21)28-14-17-9-8-16-5-2-3-6-19(16)22-17;1-2/h2-3,5-6,8-11,13H,4,7,12,14H2,1H3,(H,23,24,25,26);1-2H3. The Morgan fingerprint density at radius 2 is 1.83 bits per heavy atom. The van der Waals surface area contributed by atoms with Crippen LogP contribution in [0.15, 0.2) is 54.6 Å². The summed E-state index contributed by atoms with van der Waals surface area (Å²) in [7, 11) is 0. The van der Waals surface area contributed by atoms with Crippen LogP contribution in [0.1, 0.15) is 37.4 Å². The number of nitrogens with zero attached hydrogens (tertiary/aromatic N) is 4. The van der Waals surface area contributed by atoms with Gasteiger partial charge in [0.2, 0.25) is 0 Å². The predicted octanol–water partition coefficient (Wildman–Crippen LogP) is 4.67. The number of para-hydroxylation sites is 1. The maximum atomic E-state index is 5.91. The lowest BCUT2D eigenvalue weighted by Gasteiger charge is -2.11. The predicted molar refractivity (Wildman–Crippen MR) is 117 cm³/mol. The summed E-state index contributed by atoms with van der Waals surface area (Å²) in [5.41, 5.74) is 2.91. The second-order valence-electron chi connectivity index (χ2n) is 6.49. The van der Waals surface area contributed by atoms with E-state index in [1.165, 1.54) is 0 Å². The fourth-order valence-corrected chi connectivity index (χ4v) is 2.92. The third kappa shape index (κ3) is 5.76. The Morgan fingerprint density at radius 3 is 2.63 bits per heavy atom. The molecule has 7 nitrogen and oxygen atoms in total. The van der Waals surface area contributed by atoms with Crippen LogP contribution in [0.5, 0.6) is 11.5 Å². The van der Waals surface area contributed by atoms with Crippen molar-refractivity contribution in [3.63, 3.8) is 0 Å². The maximum absolute atomic E-state index is 5.91. The molecule has 2 heterocycles. The molecule has 0 aliphatic rings. The van der Waals surface area contributed by atoms with Crippen molar-refractivity contribution in [1.82, 2.24) is 25.6 Å². The Kier molecular flexibility index (Phi) is 7.71. The first-order valence-corrected chi connectivity index (χ1v) is 10.2. The average Bonchev–Trinajstić information content (AvgIpc) is 3.31. The van der Waals surface area contributed by atoms with Crippen molar-refractivity contribution in [1.29, 1.82) is 0 Å². The largest absolute Gasteiger partial charge is 0.493 e. The molecule has 0 bridgehead atoms. The number of benzene rings is 2. The SMILES string of the molecule is CC.Cc1cc(OCc2ccc3ccccc3n2)ccc1OCCCc1nn[nH]n1. The molecule has 0 amide bonds. The molecule has 7 heteroatoms. The van der Waals surface area contributed by atoms with Crippen LogP contribution in [0.3, 0.4) is 0 Å². The van der Waals surface area contributed by atoms with Crippen molar-refractivity contribution in [3.8, 4) is 11.5 Å². The number of nitrogens with one attached hydrogen (secondary N) is 1. The molecule has 30 heavy (non-hydrogen) atoms. The van der Waals surface area contributed by atoms with Gasteiger partial charge in [0.25, 0.3) is 0 Å². The van der Waals surface area contributed by atoms with Crippen molar-refractivity contribution < 1.29 is 9.47 Å². The molecule has 4 aromatic rings. The Hall–Kier alpha value is -3.48. The molecule has 0 aliphatic carbocycles. The van der Waals surface area contributed by atoms with Crippen LogP contribution in [0, 0.1) is 6.92 Å². The zero-order chi connectivity index (χ0) is 21.2. The van der Waals surface area contributed by atoms with Crippen LogP contribution in [0.2, 0.25) is 0 Å². The third-order valence-corrected chi connectivity index (χ3v) is 4.38. The fraction of sp³-hybridized carbons (Fsp3) is 0.304. The van der Waals surface area contributed by atoms with E-state index in [0.29, 0.717) is 19.0 Å². The lowest BCUT2D eigenvalue weighted by molar-refractivity contribution is 0.295. The van der Waals surface area contributed by atoms with Gasteiger partial charge in [-0.25, -0.2) is 4.98 Å². The molecule has 1 N–H and O–H groups in total. The molecule has 0 spiro atoms. The monoisotopic (exact) mass is 405 g/mol. The highest BCUT2D eigenvalue weighted by molar-refractivity contribution is 5.78. The lowest BCUT2D eigenvalue weighted by atomic mass is 10.2. The van der Waals surface area contributed by atoms with Gasteiger partial charge in [-0.1, -0.05) is 43.3 Å². The highest BCUT2D eigenvalue weighted by Gasteiger charge is 2.05. The van der Waals surface area contributed by atoms with Crippen LogP contribution in [-0.2, 0) is 13.0 Å². The maximum Gasteiger partial charge on any atom is 0.174 e. The van der Waals surface area contributed by atoms with Gasteiger partial charge in [-0.15, -0.1) is 10.2 Å². The number of ether oxygens (including phenoxy) is 2. The first kappa shape index (κ1) is 21.2. The van der Waals surface area contributed by atoms with E-state index >= 15 is 0 Å². The fourth-order valence-electron chi connectivity index (χ4n) is 2.92. The molecule has 0 unspecified atom stereocenters. The van der Waals surface area contributed by atoms with Gasteiger partial charge < -0.3 is 9.47 Å². The minimum Gasteiger partial charge on any atom is -0.493 e. The van der Waals surface area contributed by atoms with E-state index < -0.39 is 0 Å². The quantitative estimate of drug-likeness (QED) is 0.429. The van der Waals surface area contributed by atoms with E-state index in [4.69, 9.17) is 9.47 Å². The van der Waals surface area contributed by atoms with Gasteiger partial charge in [0, 0.05) is 11.8 Å². The second-order valence-corrected chi connectivity index (χ2v) is 6.49. The normalized spacial score (nSPS) is 10.4. The Morgan fingerprint density at radius 1 is 0.967 bits per heavy atom. The Balaban J connectivity index is 0.00000124. The molecular formula is C23H27N5O2. The lowest BCUT2D eigenvalue weighted by Crippen LogP contribution is -2.02. The van der Waals surface area contributed by atoms with Crippen LogP contribution in [0.25, 0.3) is 10.9 Å². The molecular weight excluding hydrogens is 378 g/mol. The van der Waals surface area contributed by atoms with E-state index in [0.717, 1.165) is 46.5 Å². The first-order chi connectivity index (χ1) is 14.8. The number of H-pyrrole nitrogens is 1. The number of pyridine rings is 1. The number of rotatable bonds is 8. The average molecular weight is 406 g/mol. The topological polar surface area (TPSA) is 85.8 Å². The van der Waals surface area contributed by atoms with Crippen LogP contribution in [0.4, 0.5) is 0 Å². The molecule has 0 radical (unpaired) electrons. The van der Waals surface area contributed by atoms with Crippen molar-refractivity contribution in [2.75, 3.05) is 6.61 Å². The van der Waals surface area contributed by atoms with E-state index in [9.17, 15) is 0 Å². The van der Waals surface area contributed by atoms with Gasteiger partial charge in [0.1, 0.15) is 18.1 Å². The molecule has 0 saturated carbocycles. The molecule has 0 fully saturated rings. The molecule has 0 saturated heterocycles. The number of fused-ring (bicyclic) bond motifs is 1. The summed E-state index contributed by atoms with van der Waals surface area (Å²) >= 11 is 0. The smallest absolute Gasteiger partial charge is 0.174 e. The van der Waals surface area contributed by atoms with E-state index in [2.05, 4.69) is 37.7 Å². The van der Waals surface area contributed by atoms with Gasteiger partial charge in [-0.3, -0.25) is 0 Å². The summed E-state index contributed by atoms with van der Waals surface area (Å²) in [6, 6.07) is 18.0. The number of aromatic amines is 1. The summed E-state index contributed by atoms with van der Waals surface area (Å²) < 4.78 is 11.8. The summed E-state index contributed by atoms with van der Waals surface area (Å²) in [6.45, 7) is 7.03. The minimum atomic E-state index is 0.426. The molecule has 2 aromatic carbocycles. The second kappa shape index (κ2) is 10.9. The summed E-state index contributed by atoms with van der Waals surface area (Å²) in [5.74, 6) is 2.35. The zero-order valence-corrected chi connectivity index (χ0v) is 17.6. The summed E-state index contributed by atoms with van der Waals surface area (Å²) in [4.78, 5) is 4.63. The van der Waals surface area contributed by atoms with Crippen LogP contribution < -0.4 is 9.47 Å². The summed E-state index contributed by atoms with van der Waals surface area (Å²) in [6.07, 6.45) is 1.56. The van der Waals surface area contributed by atoms with Crippen LogP contribution in [-0.4, -0.2) is 32.2 Å². The highest BCUT2D eigenvalue weighted by atomic mass is 16.5. The zero-order valence-electron chi connectivity index (χ0n) is 17.6. The van der Waals surface area contributed by atoms with E-state index in [1.807, 2.05) is 63.2 Å². The number of aryl methyl sites for hydroxylation is 2. The molecule has 156 valence electrons. The van der Waals surface area contributed by atoms with Gasteiger partial charge in [-0.2, -0.15) is 5.21 Å². The third-order valence-electron chi connectivity index (χ3n) is 4.38. The molecule has 2 aromatic heterocycles. The number of aromatic nitrogens is 5. The van der Waals surface area contributed by atoms with Gasteiger partial charge >= 0.3 is 0 Å². The van der Waals surface area contributed by atoms with Gasteiger partial charge in [0.15, 0.2) is 5.82 Å². The van der Waals surface area contributed by atoms with Crippen molar-refractivity contribution in [2.24, 2.45) is 0 Å². The van der Waals surface area contributed by atoms with Gasteiger partial charge in [0.05, 0.1) is 17.8 Å². The highest BCUT2D eigenvalue weighted by Crippen LogP contribution is 2.24. The van der Waals surface area contributed by atoms with Crippen molar-refractivity contribution >= 4 is 10.9 Å². The number of tetrazole rings is 1. The van der Waals surface area contributed by atoms with E-state index in [-0.39, 0.29) is 0 Å². The Labute approximate surface area is 176 Å².